The van der Waals surface area contributed by atoms with Crippen LogP contribution in [0.1, 0.15) is 24.0 Å². The second-order valence-electron chi connectivity index (χ2n) is 4.93. The van der Waals surface area contributed by atoms with E-state index in [1.807, 2.05) is 36.4 Å². The highest BCUT2D eigenvalue weighted by atomic mass is 16.5. The minimum atomic E-state index is 0.655. The fourth-order valence-electron chi connectivity index (χ4n) is 1.95. The maximum Gasteiger partial charge on any atom is 0.0717 e. The summed E-state index contributed by atoms with van der Waals surface area (Å²) in [7, 11) is 0. The third-order valence-electron chi connectivity index (χ3n) is 3.09. The molecule has 0 aliphatic rings. The van der Waals surface area contributed by atoms with Crippen LogP contribution in [0.15, 0.2) is 60.7 Å². The van der Waals surface area contributed by atoms with E-state index in [-0.39, 0.29) is 0 Å². The summed E-state index contributed by atoms with van der Waals surface area (Å²) < 4.78 is 11.1. The largest absolute Gasteiger partial charge is 0.376 e. The minimum absolute atomic E-state index is 0.655. The van der Waals surface area contributed by atoms with E-state index in [0.717, 1.165) is 12.8 Å². The van der Waals surface area contributed by atoms with Gasteiger partial charge in [0.25, 0.3) is 0 Å². The Bertz CT molecular complexity index is 515. The number of hydrogen-bond donors (Lipinski definition) is 0. The fourth-order valence-corrected chi connectivity index (χ4v) is 1.95. The van der Waals surface area contributed by atoms with Crippen LogP contribution in [-0.2, 0) is 22.7 Å². The second-order valence-corrected chi connectivity index (χ2v) is 4.93. The lowest BCUT2D eigenvalue weighted by atomic mass is 10.2. The van der Waals surface area contributed by atoms with Gasteiger partial charge in [-0.25, -0.2) is 0 Å². The summed E-state index contributed by atoms with van der Waals surface area (Å²) in [6.07, 6.45) is 1.54. The second kappa shape index (κ2) is 10.6. The Morgan fingerprint density at radius 1 is 0.591 bits per heavy atom. The van der Waals surface area contributed by atoms with E-state index >= 15 is 0 Å². The molecule has 0 aliphatic heterocycles. The van der Waals surface area contributed by atoms with Gasteiger partial charge in [0.2, 0.25) is 0 Å². The molecule has 2 aromatic carbocycles. The lowest BCUT2D eigenvalue weighted by molar-refractivity contribution is 0.125. The zero-order valence-corrected chi connectivity index (χ0v) is 12.8. The van der Waals surface area contributed by atoms with Crippen molar-refractivity contribution in [2.75, 3.05) is 13.2 Å². The summed E-state index contributed by atoms with van der Waals surface area (Å²) in [5.41, 5.74) is 2.40. The van der Waals surface area contributed by atoms with E-state index in [1.165, 1.54) is 11.1 Å². The average molecular weight is 294 g/mol. The molecule has 2 nitrogen and oxygen atoms in total. The van der Waals surface area contributed by atoms with Crippen molar-refractivity contribution in [2.24, 2.45) is 0 Å². The molecule has 0 aliphatic carbocycles. The van der Waals surface area contributed by atoms with Gasteiger partial charge in [-0.15, -0.1) is 11.8 Å². The molecule has 0 saturated carbocycles. The zero-order chi connectivity index (χ0) is 15.3. The maximum absolute atomic E-state index is 5.57. The zero-order valence-electron chi connectivity index (χ0n) is 12.8. The van der Waals surface area contributed by atoms with Crippen LogP contribution in [0.25, 0.3) is 0 Å². The monoisotopic (exact) mass is 294 g/mol. The topological polar surface area (TPSA) is 18.5 Å². The van der Waals surface area contributed by atoms with Crippen molar-refractivity contribution in [1.29, 1.82) is 0 Å². The van der Waals surface area contributed by atoms with Crippen molar-refractivity contribution in [3.63, 3.8) is 0 Å². The molecule has 0 fully saturated rings. The van der Waals surface area contributed by atoms with Crippen LogP contribution in [0.2, 0.25) is 0 Å². The Morgan fingerprint density at radius 3 is 1.41 bits per heavy atom. The van der Waals surface area contributed by atoms with Crippen LogP contribution in [0, 0.1) is 11.8 Å². The van der Waals surface area contributed by atoms with Crippen LogP contribution >= 0.6 is 0 Å². The van der Waals surface area contributed by atoms with Crippen molar-refractivity contribution in [3.8, 4) is 11.8 Å². The van der Waals surface area contributed by atoms with Crippen LogP contribution in [0.3, 0.4) is 0 Å². The molecule has 2 aromatic rings. The maximum atomic E-state index is 5.57. The third-order valence-corrected chi connectivity index (χ3v) is 3.09. The molecule has 22 heavy (non-hydrogen) atoms. The Hall–Kier alpha value is -2.08. The molecule has 0 bridgehead atoms. The highest BCUT2D eigenvalue weighted by Crippen LogP contribution is 2.01. The molecule has 2 rings (SSSR count). The molecule has 0 radical (unpaired) electrons. The summed E-state index contributed by atoms with van der Waals surface area (Å²) in [4.78, 5) is 0. The van der Waals surface area contributed by atoms with E-state index in [9.17, 15) is 0 Å². The predicted molar refractivity (Wildman–Crippen MR) is 89.2 cm³/mol. The molecule has 0 atom stereocenters. The van der Waals surface area contributed by atoms with Gasteiger partial charge in [-0.1, -0.05) is 60.7 Å². The van der Waals surface area contributed by atoms with E-state index in [4.69, 9.17) is 9.47 Å². The molecule has 0 aromatic heterocycles. The molecular weight excluding hydrogens is 272 g/mol. The van der Waals surface area contributed by atoms with Gasteiger partial charge >= 0.3 is 0 Å². The Kier molecular flexibility index (Phi) is 7.86. The fraction of sp³-hybridized carbons (Fsp3) is 0.300. The normalized spacial score (nSPS) is 10.0. The van der Waals surface area contributed by atoms with Gasteiger partial charge in [0.15, 0.2) is 0 Å². The van der Waals surface area contributed by atoms with Gasteiger partial charge in [0.05, 0.1) is 26.4 Å². The molecule has 2 heteroatoms. The third kappa shape index (κ3) is 7.08. The molecular formula is C20H22O2. The smallest absolute Gasteiger partial charge is 0.0717 e. The van der Waals surface area contributed by atoms with Gasteiger partial charge in [0.1, 0.15) is 0 Å². The highest BCUT2D eigenvalue weighted by Gasteiger charge is 1.91. The lowest BCUT2D eigenvalue weighted by Crippen LogP contribution is -1.95. The Morgan fingerprint density at radius 2 is 1.00 bits per heavy atom. The van der Waals surface area contributed by atoms with Crippen molar-refractivity contribution in [2.45, 2.75) is 26.1 Å². The predicted octanol–water partition coefficient (Wildman–Crippen LogP) is 4.20. The Labute approximate surface area is 133 Å². The van der Waals surface area contributed by atoms with Gasteiger partial charge in [0, 0.05) is 12.8 Å². The van der Waals surface area contributed by atoms with Gasteiger partial charge in [-0.05, 0) is 11.1 Å². The summed E-state index contributed by atoms with van der Waals surface area (Å²) in [5, 5.41) is 0. The van der Waals surface area contributed by atoms with Gasteiger partial charge in [-0.3, -0.25) is 0 Å². The SMILES string of the molecule is C(#CCCOCc1ccccc1)CCOCc1ccccc1. The number of ether oxygens (including phenoxy) is 2. The van der Waals surface area contributed by atoms with Crippen molar-refractivity contribution >= 4 is 0 Å². The lowest BCUT2D eigenvalue weighted by Gasteiger charge is -2.01. The molecule has 114 valence electrons. The number of rotatable bonds is 8. The minimum Gasteiger partial charge on any atom is -0.376 e. The number of hydrogen-bond acceptors (Lipinski definition) is 2. The van der Waals surface area contributed by atoms with E-state index in [2.05, 4.69) is 36.1 Å². The van der Waals surface area contributed by atoms with Gasteiger partial charge in [-0.2, -0.15) is 0 Å². The quantitative estimate of drug-likeness (QED) is 0.536. The van der Waals surface area contributed by atoms with E-state index in [0.29, 0.717) is 26.4 Å². The molecule has 0 N–H and O–H groups in total. The van der Waals surface area contributed by atoms with Crippen LogP contribution in [-0.4, -0.2) is 13.2 Å². The molecule has 0 spiro atoms. The molecule has 0 heterocycles. The first-order valence-electron chi connectivity index (χ1n) is 7.64. The molecule has 0 amide bonds. The van der Waals surface area contributed by atoms with Crippen molar-refractivity contribution < 1.29 is 9.47 Å². The standard InChI is InChI=1S/C20H22O2/c1(9-15-21-17-19-11-5-3-6-12-19)2-10-16-22-18-20-13-7-4-8-14-20/h3-8,11-14H,9-10,15-18H2. The highest BCUT2D eigenvalue weighted by molar-refractivity contribution is 5.14. The first kappa shape index (κ1) is 16.3. The van der Waals surface area contributed by atoms with Crippen molar-refractivity contribution in [3.05, 3.63) is 71.8 Å². The first-order chi connectivity index (χ1) is 10.9. The number of benzene rings is 2. The molecule has 0 saturated heterocycles. The Balaban J connectivity index is 1.46. The van der Waals surface area contributed by atoms with Gasteiger partial charge < -0.3 is 9.47 Å². The van der Waals surface area contributed by atoms with Crippen molar-refractivity contribution in [1.82, 2.24) is 0 Å². The summed E-state index contributed by atoms with van der Waals surface area (Å²) in [5.74, 6) is 6.23. The van der Waals surface area contributed by atoms with E-state index < -0.39 is 0 Å². The average Bonchev–Trinajstić information content (AvgIpc) is 2.58. The molecule has 0 unspecified atom stereocenters. The summed E-state index contributed by atoms with van der Waals surface area (Å²) in [6, 6.07) is 20.4. The summed E-state index contributed by atoms with van der Waals surface area (Å²) >= 11 is 0. The summed E-state index contributed by atoms with van der Waals surface area (Å²) in [6.45, 7) is 2.66. The first-order valence-corrected chi connectivity index (χ1v) is 7.64. The van der Waals surface area contributed by atoms with Crippen LogP contribution in [0.4, 0.5) is 0 Å². The van der Waals surface area contributed by atoms with E-state index in [1.54, 1.807) is 0 Å². The van der Waals surface area contributed by atoms with Crippen LogP contribution in [0.5, 0.6) is 0 Å². The van der Waals surface area contributed by atoms with Crippen LogP contribution < -0.4 is 0 Å².